The Morgan fingerprint density at radius 3 is 2.57 bits per heavy atom. The number of carboxylic acids is 1. The molecule has 1 aliphatic heterocycles. The fraction of sp³-hybridized carbons (Fsp3) is 0.421. The molecule has 4 aromatic rings. The third-order valence-corrected chi connectivity index (χ3v) is 10.8. The van der Waals surface area contributed by atoms with Gasteiger partial charge in [0, 0.05) is 48.5 Å². The van der Waals surface area contributed by atoms with Crippen LogP contribution in [0.3, 0.4) is 0 Å². The van der Waals surface area contributed by atoms with Crippen molar-refractivity contribution in [2.24, 2.45) is 10.8 Å². The maximum Gasteiger partial charge on any atom is 0.335 e. The van der Waals surface area contributed by atoms with Crippen LogP contribution < -0.4 is 14.4 Å². The number of fused-ring (bicyclic) bond motifs is 1. The van der Waals surface area contributed by atoms with Crippen LogP contribution in [0.2, 0.25) is 0 Å². The Morgan fingerprint density at radius 2 is 1.90 bits per heavy atom. The number of aromatic nitrogens is 3. The Balaban J connectivity index is 0.983. The summed E-state index contributed by atoms with van der Waals surface area (Å²) in [5.41, 5.74) is 4.39. The van der Waals surface area contributed by atoms with E-state index < -0.39 is 17.6 Å². The van der Waals surface area contributed by atoms with E-state index in [1.165, 1.54) is 18.4 Å². The van der Waals surface area contributed by atoms with Crippen LogP contribution in [-0.4, -0.2) is 45.8 Å². The summed E-state index contributed by atoms with van der Waals surface area (Å²) < 4.78 is 43.4. The number of imidazole rings is 1. The van der Waals surface area contributed by atoms with E-state index in [0.717, 1.165) is 66.5 Å². The minimum Gasteiger partial charge on any atom is -0.496 e. The van der Waals surface area contributed by atoms with Crippen LogP contribution in [0.25, 0.3) is 16.6 Å². The van der Waals surface area contributed by atoms with Crippen molar-refractivity contribution in [3.8, 4) is 17.7 Å². The Kier molecular flexibility index (Phi) is 7.58. The zero-order valence-electron chi connectivity index (χ0n) is 27.3. The number of anilines is 1. The standard InChI is InChI=1S/C38H37F2N5O4/c1-48-32-17-25(23-2-3-23)4-5-27(32)19-49-34-29(40)18-28(39)33(43-34)24-8-10-38(11-9-24)20-44(21-38)36-42-30-7-6-26(35(46)47)16-31(30)45(36)22-37(12-13-37)14-15-41/h4-8,16-18,23H,2-3,9-14,19-22H2,1H3,(H,46,47). The van der Waals surface area contributed by atoms with Gasteiger partial charge in [0.1, 0.15) is 18.1 Å². The first-order chi connectivity index (χ1) is 23.7. The summed E-state index contributed by atoms with van der Waals surface area (Å²) in [4.78, 5) is 23.2. The number of allylic oxidation sites excluding steroid dienone is 2. The summed E-state index contributed by atoms with van der Waals surface area (Å²) >= 11 is 0. The smallest absolute Gasteiger partial charge is 0.335 e. The van der Waals surface area contributed by atoms with Crippen LogP contribution in [0.4, 0.5) is 14.7 Å². The second-order valence-corrected chi connectivity index (χ2v) is 14.4. The number of aromatic carboxylic acids is 1. The Morgan fingerprint density at radius 1 is 1.08 bits per heavy atom. The number of hydrogen-bond donors (Lipinski definition) is 1. The summed E-state index contributed by atoms with van der Waals surface area (Å²) in [6.45, 7) is 2.14. The van der Waals surface area contributed by atoms with Crippen molar-refractivity contribution in [3.63, 3.8) is 0 Å². The lowest BCUT2D eigenvalue weighted by Gasteiger charge is -2.52. The van der Waals surface area contributed by atoms with E-state index in [1.807, 2.05) is 24.3 Å². The maximum atomic E-state index is 15.1. The number of ether oxygens (including phenoxy) is 2. The molecule has 3 heterocycles. The highest BCUT2D eigenvalue weighted by atomic mass is 19.1. The van der Waals surface area contributed by atoms with Crippen molar-refractivity contribution >= 4 is 28.5 Å². The van der Waals surface area contributed by atoms with Crippen LogP contribution >= 0.6 is 0 Å². The van der Waals surface area contributed by atoms with Gasteiger partial charge in [-0.25, -0.2) is 23.5 Å². The Labute approximate surface area is 282 Å². The van der Waals surface area contributed by atoms with Crippen molar-refractivity contribution in [2.45, 2.75) is 70.4 Å². The molecule has 0 radical (unpaired) electrons. The molecule has 3 aliphatic carbocycles. The highest BCUT2D eigenvalue weighted by molar-refractivity contribution is 5.93. The third kappa shape index (κ3) is 5.87. The van der Waals surface area contributed by atoms with Gasteiger partial charge in [-0.2, -0.15) is 5.26 Å². The van der Waals surface area contributed by atoms with Crippen molar-refractivity contribution in [3.05, 3.63) is 82.6 Å². The molecule has 2 aromatic heterocycles. The number of nitriles is 1. The first-order valence-electron chi connectivity index (χ1n) is 16.9. The molecule has 1 N–H and O–H groups in total. The normalized spacial score (nSPS) is 18.9. The van der Waals surface area contributed by atoms with E-state index in [0.29, 0.717) is 37.5 Å². The predicted octanol–water partition coefficient (Wildman–Crippen LogP) is 7.64. The van der Waals surface area contributed by atoms with Gasteiger partial charge in [0.2, 0.25) is 5.95 Å². The average Bonchev–Trinajstić information content (AvgIpc) is 4.02. The molecule has 4 aliphatic rings. The quantitative estimate of drug-likeness (QED) is 0.174. The maximum absolute atomic E-state index is 15.1. The van der Waals surface area contributed by atoms with E-state index in [9.17, 15) is 19.6 Å². The number of benzene rings is 2. The molecule has 2 aromatic carbocycles. The zero-order chi connectivity index (χ0) is 33.9. The minimum absolute atomic E-state index is 0.0262. The number of halogens is 2. The van der Waals surface area contributed by atoms with E-state index >= 15 is 4.39 Å². The lowest BCUT2D eigenvalue weighted by atomic mass is 9.69. The van der Waals surface area contributed by atoms with Gasteiger partial charge in [0.05, 0.1) is 29.8 Å². The van der Waals surface area contributed by atoms with Gasteiger partial charge in [-0.3, -0.25) is 0 Å². The lowest BCUT2D eigenvalue weighted by Crippen LogP contribution is -2.57. The molecule has 8 rings (SSSR count). The van der Waals surface area contributed by atoms with Crippen molar-refractivity contribution in [1.82, 2.24) is 14.5 Å². The zero-order valence-corrected chi connectivity index (χ0v) is 27.3. The average molecular weight is 666 g/mol. The SMILES string of the molecule is COc1cc(C2CC2)ccc1COc1nc(C2=CCC3(CC2)CN(c2nc4ccc(C(=O)O)cc4n2CC2(CC#N)CC2)C3)c(F)cc1F. The van der Waals surface area contributed by atoms with E-state index in [4.69, 9.17) is 14.5 Å². The monoisotopic (exact) mass is 665 g/mol. The summed E-state index contributed by atoms with van der Waals surface area (Å²) in [6, 6.07) is 14.1. The first kappa shape index (κ1) is 31.3. The second-order valence-electron chi connectivity index (χ2n) is 14.4. The number of carboxylic acid groups (broad SMARTS) is 1. The van der Waals surface area contributed by atoms with Crippen molar-refractivity contribution in [1.29, 1.82) is 5.26 Å². The lowest BCUT2D eigenvalue weighted by molar-refractivity contribution is 0.0697. The predicted molar refractivity (Wildman–Crippen MR) is 179 cm³/mol. The van der Waals surface area contributed by atoms with Crippen molar-refractivity contribution in [2.75, 3.05) is 25.1 Å². The van der Waals surface area contributed by atoms with E-state index in [-0.39, 0.29) is 34.6 Å². The number of methoxy groups -OCH3 is 1. The van der Waals surface area contributed by atoms with Gasteiger partial charge in [-0.05, 0) is 86.3 Å². The van der Waals surface area contributed by atoms with Gasteiger partial charge >= 0.3 is 5.97 Å². The van der Waals surface area contributed by atoms with Gasteiger partial charge in [0.15, 0.2) is 11.6 Å². The largest absolute Gasteiger partial charge is 0.496 e. The van der Waals surface area contributed by atoms with Gasteiger partial charge < -0.3 is 24.0 Å². The molecule has 0 unspecified atom stereocenters. The highest BCUT2D eigenvalue weighted by Gasteiger charge is 2.47. The fourth-order valence-corrected chi connectivity index (χ4v) is 7.54. The molecule has 252 valence electrons. The second kappa shape index (κ2) is 11.9. The van der Waals surface area contributed by atoms with E-state index in [1.54, 1.807) is 25.3 Å². The highest BCUT2D eigenvalue weighted by Crippen LogP contribution is 2.52. The van der Waals surface area contributed by atoms with Gasteiger partial charge in [-0.15, -0.1) is 0 Å². The third-order valence-electron chi connectivity index (χ3n) is 10.8. The van der Waals surface area contributed by atoms with Gasteiger partial charge in [-0.1, -0.05) is 18.2 Å². The molecule has 11 heteroatoms. The summed E-state index contributed by atoms with van der Waals surface area (Å²) in [5, 5.41) is 19.1. The van der Waals surface area contributed by atoms with Crippen LogP contribution in [0, 0.1) is 33.8 Å². The summed E-state index contributed by atoms with van der Waals surface area (Å²) in [5.74, 6) is -0.762. The fourth-order valence-electron chi connectivity index (χ4n) is 7.54. The Bertz CT molecular complexity index is 2050. The van der Waals surface area contributed by atoms with Gasteiger partial charge in [0.25, 0.3) is 5.88 Å². The van der Waals surface area contributed by atoms with Crippen LogP contribution in [0.1, 0.15) is 84.5 Å². The molecular formula is C38H37F2N5O4. The molecule has 49 heavy (non-hydrogen) atoms. The Hall–Kier alpha value is -4.98. The number of nitrogens with zero attached hydrogens (tertiary/aromatic N) is 5. The number of rotatable bonds is 11. The minimum atomic E-state index is -0.994. The first-order valence-corrected chi connectivity index (χ1v) is 16.9. The molecule has 9 nitrogen and oxygen atoms in total. The van der Waals surface area contributed by atoms with Crippen molar-refractivity contribution < 1.29 is 28.2 Å². The van der Waals surface area contributed by atoms with Crippen LogP contribution in [-0.2, 0) is 13.2 Å². The van der Waals surface area contributed by atoms with E-state index in [2.05, 4.69) is 20.5 Å². The molecule has 2 saturated carbocycles. The van der Waals surface area contributed by atoms with Crippen LogP contribution in [0.15, 0.2) is 48.5 Å². The number of pyridine rings is 1. The topological polar surface area (TPSA) is 114 Å². The molecule has 0 bridgehead atoms. The molecule has 1 spiro atoms. The van der Waals surface area contributed by atoms with Crippen LogP contribution in [0.5, 0.6) is 11.6 Å². The number of hydrogen-bond acceptors (Lipinski definition) is 7. The summed E-state index contributed by atoms with van der Waals surface area (Å²) in [6.07, 6.45) is 8.82. The molecule has 0 amide bonds. The number of carbonyl (C=O) groups is 1. The molecular weight excluding hydrogens is 628 g/mol. The molecule has 3 fully saturated rings. The molecule has 1 saturated heterocycles. The summed E-state index contributed by atoms with van der Waals surface area (Å²) in [7, 11) is 1.60. The molecule has 0 atom stereocenters.